The van der Waals surface area contributed by atoms with E-state index < -0.39 is 12.1 Å². The normalized spacial score (nSPS) is 12.2. The third kappa shape index (κ3) is 3.88. The molecule has 0 bridgehead atoms. The fourth-order valence-electron chi connectivity index (χ4n) is 2.92. The van der Waals surface area contributed by atoms with Gasteiger partial charge in [-0.15, -0.1) is 0 Å². The SMILES string of the molecule is CCNC(=O)[C@H](C)OC(=O)c1cc(-c2ccccc2)nc2c1cnn2C(C)C. The predicted octanol–water partition coefficient (Wildman–Crippen LogP) is 3.36. The third-order valence-electron chi connectivity index (χ3n) is 4.35. The number of carbonyl (C=O) groups excluding carboxylic acids is 2. The molecule has 0 unspecified atom stereocenters. The van der Waals surface area contributed by atoms with Crippen molar-refractivity contribution in [1.29, 1.82) is 0 Å². The molecule has 2 heterocycles. The van der Waals surface area contributed by atoms with Crippen LogP contribution in [0.3, 0.4) is 0 Å². The number of likely N-dealkylation sites (N-methyl/N-ethyl adjacent to an activating group) is 1. The number of esters is 1. The van der Waals surface area contributed by atoms with E-state index in [9.17, 15) is 9.59 Å². The van der Waals surface area contributed by atoms with Crippen LogP contribution in [-0.4, -0.2) is 39.3 Å². The van der Waals surface area contributed by atoms with Gasteiger partial charge in [0, 0.05) is 18.2 Å². The summed E-state index contributed by atoms with van der Waals surface area (Å²) in [5.74, 6) is -0.908. The van der Waals surface area contributed by atoms with Gasteiger partial charge in [0.1, 0.15) is 0 Å². The van der Waals surface area contributed by atoms with Crippen LogP contribution in [0, 0.1) is 0 Å². The molecule has 1 aromatic carbocycles. The lowest BCUT2D eigenvalue weighted by Gasteiger charge is -2.14. The average molecular weight is 380 g/mol. The molecule has 0 saturated heterocycles. The van der Waals surface area contributed by atoms with E-state index >= 15 is 0 Å². The fourth-order valence-corrected chi connectivity index (χ4v) is 2.92. The minimum Gasteiger partial charge on any atom is -0.449 e. The number of pyridine rings is 1. The second-order valence-electron chi connectivity index (χ2n) is 6.78. The summed E-state index contributed by atoms with van der Waals surface area (Å²) in [7, 11) is 0. The van der Waals surface area contributed by atoms with Crippen LogP contribution in [0.1, 0.15) is 44.1 Å². The average Bonchev–Trinajstić information content (AvgIpc) is 3.12. The summed E-state index contributed by atoms with van der Waals surface area (Å²) in [6, 6.07) is 11.4. The summed E-state index contributed by atoms with van der Waals surface area (Å²) >= 11 is 0. The molecule has 1 amide bonds. The Bertz CT molecular complexity index is 996. The van der Waals surface area contributed by atoms with Crippen LogP contribution in [-0.2, 0) is 9.53 Å². The maximum Gasteiger partial charge on any atom is 0.339 e. The lowest BCUT2D eigenvalue weighted by atomic mass is 10.1. The molecule has 1 N–H and O–H groups in total. The summed E-state index contributed by atoms with van der Waals surface area (Å²) in [5.41, 5.74) is 2.47. The topological polar surface area (TPSA) is 86.1 Å². The summed E-state index contributed by atoms with van der Waals surface area (Å²) < 4.78 is 7.17. The van der Waals surface area contributed by atoms with E-state index in [0.717, 1.165) is 5.56 Å². The lowest BCUT2D eigenvalue weighted by Crippen LogP contribution is -2.35. The van der Waals surface area contributed by atoms with E-state index in [1.54, 1.807) is 23.9 Å². The van der Waals surface area contributed by atoms with Crippen molar-refractivity contribution in [2.24, 2.45) is 0 Å². The highest BCUT2D eigenvalue weighted by Crippen LogP contribution is 2.27. The lowest BCUT2D eigenvalue weighted by molar-refractivity contribution is -0.128. The number of hydrogen-bond donors (Lipinski definition) is 1. The molecule has 1 atom stereocenters. The van der Waals surface area contributed by atoms with Crippen LogP contribution >= 0.6 is 0 Å². The molecule has 0 spiro atoms. The van der Waals surface area contributed by atoms with Crippen molar-refractivity contribution in [3.8, 4) is 11.3 Å². The molecule has 3 rings (SSSR count). The molecule has 146 valence electrons. The van der Waals surface area contributed by atoms with E-state index in [1.165, 1.54) is 0 Å². The quantitative estimate of drug-likeness (QED) is 0.663. The Hall–Kier alpha value is -3.22. The predicted molar refractivity (Wildman–Crippen MR) is 107 cm³/mol. The molecule has 2 aromatic heterocycles. The zero-order valence-electron chi connectivity index (χ0n) is 16.5. The molecular formula is C21H24N4O3. The number of nitrogens with one attached hydrogen (secondary N) is 1. The van der Waals surface area contributed by atoms with E-state index in [0.29, 0.717) is 28.8 Å². The summed E-state index contributed by atoms with van der Waals surface area (Å²) in [6.45, 7) is 7.83. The Morgan fingerprint density at radius 1 is 1.18 bits per heavy atom. The molecule has 0 saturated carbocycles. The van der Waals surface area contributed by atoms with Crippen molar-refractivity contribution in [2.45, 2.75) is 39.8 Å². The monoisotopic (exact) mass is 380 g/mol. The van der Waals surface area contributed by atoms with E-state index in [-0.39, 0.29) is 11.9 Å². The van der Waals surface area contributed by atoms with Gasteiger partial charge in [-0.2, -0.15) is 5.10 Å². The second kappa shape index (κ2) is 8.21. The first-order valence-corrected chi connectivity index (χ1v) is 9.34. The van der Waals surface area contributed by atoms with Crippen molar-refractivity contribution < 1.29 is 14.3 Å². The zero-order chi connectivity index (χ0) is 20.3. The zero-order valence-corrected chi connectivity index (χ0v) is 16.5. The maximum atomic E-state index is 12.9. The van der Waals surface area contributed by atoms with Gasteiger partial charge in [-0.25, -0.2) is 14.5 Å². The Balaban J connectivity index is 2.07. The molecule has 0 aliphatic carbocycles. The number of aromatic nitrogens is 3. The van der Waals surface area contributed by atoms with Crippen molar-refractivity contribution >= 4 is 22.9 Å². The largest absolute Gasteiger partial charge is 0.449 e. The van der Waals surface area contributed by atoms with E-state index in [2.05, 4.69) is 10.4 Å². The Kier molecular flexibility index (Phi) is 5.73. The fraction of sp³-hybridized carbons (Fsp3) is 0.333. The molecule has 0 aliphatic heterocycles. The van der Waals surface area contributed by atoms with Crippen LogP contribution < -0.4 is 5.32 Å². The van der Waals surface area contributed by atoms with Gasteiger partial charge in [-0.1, -0.05) is 30.3 Å². The third-order valence-corrected chi connectivity index (χ3v) is 4.35. The Morgan fingerprint density at radius 3 is 2.54 bits per heavy atom. The van der Waals surface area contributed by atoms with Crippen LogP contribution in [0.2, 0.25) is 0 Å². The number of ether oxygens (including phenoxy) is 1. The highest BCUT2D eigenvalue weighted by molar-refractivity contribution is 6.04. The highest BCUT2D eigenvalue weighted by atomic mass is 16.5. The van der Waals surface area contributed by atoms with Gasteiger partial charge in [0.15, 0.2) is 11.8 Å². The highest BCUT2D eigenvalue weighted by Gasteiger charge is 2.23. The molecule has 3 aromatic rings. The molecule has 0 radical (unpaired) electrons. The van der Waals surface area contributed by atoms with E-state index in [4.69, 9.17) is 9.72 Å². The first kappa shape index (κ1) is 19.5. The van der Waals surface area contributed by atoms with Crippen LogP contribution in [0.15, 0.2) is 42.6 Å². The van der Waals surface area contributed by atoms with Crippen LogP contribution in [0.25, 0.3) is 22.3 Å². The Labute approximate surface area is 163 Å². The van der Waals surface area contributed by atoms with Crippen molar-refractivity contribution in [3.05, 3.63) is 48.2 Å². The number of fused-ring (bicyclic) bond motifs is 1. The summed E-state index contributed by atoms with van der Waals surface area (Å²) in [4.78, 5) is 29.5. The number of hydrogen-bond acceptors (Lipinski definition) is 5. The molecule has 7 heteroatoms. The van der Waals surface area contributed by atoms with Gasteiger partial charge in [-0.3, -0.25) is 4.79 Å². The van der Waals surface area contributed by atoms with Crippen LogP contribution in [0.4, 0.5) is 0 Å². The molecule has 28 heavy (non-hydrogen) atoms. The minimum atomic E-state index is -0.893. The number of nitrogens with zero attached hydrogens (tertiary/aromatic N) is 3. The number of amides is 1. The smallest absolute Gasteiger partial charge is 0.339 e. The van der Waals surface area contributed by atoms with E-state index in [1.807, 2.05) is 51.1 Å². The van der Waals surface area contributed by atoms with Crippen molar-refractivity contribution in [1.82, 2.24) is 20.1 Å². The standard InChI is InChI=1S/C21H24N4O3/c1-5-22-20(26)14(4)28-21(27)16-11-18(15-9-7-6-8-10-15)24-19-17(16)12-23-25(19)13(2)3/h6-14H,5H2,1-4H3,(H,22,26)/t14-/m0/s1. The maximum absolute atomic E-state index is 12.9. The first-order valence-electron chi connectivity index (χ1n) is 9.34. The van der Waals surface area contributed by atoms with Gasteiger partial charge in [-0.05, 0) is 33.8 Å². The van der Waals surface area contributed by atoms with Gasteiger partial charge < -0.3 is 10.1 Å². The first-order chi connectivity index (χ1) is 13.4. The Morgan fingerprint density at radius 2 is 1.89 bits per heavy atom. The molecule has 0 fully saturated rings. The van der Waals surface area contributed by atoms with Gasteiger partial charge in [0.05, 0.1) is 22.8 Å². The number of rotatable bonds is 6. The summed E-state index contributed by atoms with van der Waals surface area (Å²) in [6.07, 6.45) is 0.723. The van der Waals surface area contributed by atoms with Gasteiger partial charge in [0.2, 0.25) is 0 Å². The van der Waals surface area contributed by atoms with Crippen molar-refractivity contribution in [2.75, 3.05) is 6.54 Å². The van der Waals surface area contributed by atoms with Crippen LogP contribution in [0.5, 0.6) is 0 Å². The number of carbonyl (C=O) groups is 2. The van der Waals surface area contributed by atoms with Gasteiger partial charge in [0.25, 0.3) is 5.91 Å². The van der Waals surface area contributed by atoms with Crippen molar-refractivity contribution in [3.63, 3.8) is 0 Å². The molecule has 0 aliphatic rings. The summed E-state index contributed by atoms with van der Waals surface area (Å²) in [5, 5.41) is 7.63. The van der Waals surface area contributed by atoms with Gasteiger partial charge >= 0.3 is 5.97 Å². The molecular weight excluding hydrogens is 356 g/mol. The minimum absolute atomic E-state index is 0.0779. The second-order valence-corrected chi connectivity index (χ2v) is 6.78. The number of benzene rings is 1. The molecule has 7 nitrogen and oxygen atoms in total.